The van der Waals surface area contributed by atoms with Gasteiger partial charge in [-0.2, -0.15) is 4.31 Å². The van der Waals surface area contributed by atoms with Crippen LogP contribution in [-0.4, -0.2) is 51.4 Å². The monoisotopic (exact) mass is 408 g/mol. The molecule has 28 heavy (non-hydrogen) atoms. The molecule has 0 saturated carbocycles. The summed E-state index contributed by atoms with van der Waals surface area (Å²) in [5.41, 5.74) is 0.651. The molecule has 2 aliphatic rings. The first-order chi connectivity index (χ1) is 13.3. The van der Waals surface area contributed by atoms with Crippen LogP contribution in [0.3, 0.4) is 0 Å². The topological polar surface area (TPSA) is 70.9 Å². The Kier molecular flexibility index (Phi) is 7.12. The van der Waals surface area contributed by atoms with Gasteiger partial charge in [-0.3, -0.25) is 4.79 Å². The number of rotatable bonds is 5. The van der Waals surface area contributed by atoms with Crippen molar-refractivity contribution < 1.29 is 18.1 Å². The Balaban J connectivity index is 1.60. The molecule has 3 rings (SSSR count). The summed E-state index contributed by atoms with van der Waals surface area (Å²) in [4.78, 5) is 14.0. The maximum absolute atomic E-state index is 12.9. The summed E-state index contributed by atoms with van der Waals surface area (Å²) in [6.07, 6.45) is 5.95. The number of anilines is 1. The fraction of sp³-hybridized carbons (Fsp3) is 0.667. The zero-order valence-corrected chi connectivity index (χ0v) is 17.9. The van der Waals surface area contributed by atoms with Crippen molar-refractivity contribution in [1.29, 1.82) is 0 Å². The minimum Gasteiger partial charge on any atom is -0.327 e. The first kappa shape index (κ1) is 21.3. The van der Waals surface area contributed by atoms with Crippen molar-refractivity contribution in [3.05, 3.63) is 24.3 Å². The number of hydrogen-bond acceptors (Lipinski definition) is 3. The summed E-state index contributed by atoms with van der Waals surface area (Å²) < 4.78 is 27.5. The van der Waals surface area contributed by atoms with Crippen LogP contribution in [-0.2, 0) is 14.8 Å². The van der Waals surface area contributed by atoms with Crippen molar-refractivity contribution in [2.75, 3.05) is 38.0 Å². The number of quaternary nitrogens is 1. The third-order valence-electron chi connectivity index (χ3n) is 5.83. The van der Waals surface area contributed by atoms with Gasteiger partial charge in [0.05, 0.1) is 18.0 Å². The molecule has 0 spiro atoms. The highest BCUT2D eigenvalue weighted by Gasteiger charge is 2.31. The number of amides is 1. The summed E-state index contributed by atoms with van der Waals surface area (Å²) in [6.45, 7) is 7.93. The molecule has 0 aliphatic carbocycles. The van der Waals surface area contributed by atoms with Crippen molar-refractivity contribution >= 4 is 21.6 Å². The van der Waals surface area contributed by atoms with E-state index in [9.17, 15) is 13.2 Å². The van der Waals surface area contributed by atoms with E-state index in [0.717, 1.165) is 19.5 Å². The van der Waals surface area contributed by atoms with E-state index >= 15 is 0 Å². The van der Waals surface area contributed by atoms with Crippen molar-refractivity contribution in [3.8, 4) is 0 Å². The molecule has 2 fully saturated rings. The van der Waals surface area contributed by atoms with Gasteiger partial charge in [0.2, 0.25) is 10.0 Å². The van der Waals surface area contributed by atoms with Crippen LogP contribution >= 0.6 is 0 Å². The average Bonchev–Trinajstić information content (AvgIpc) is 2.90. The van der Waals surface area contributed by atoms with Gasteiger partial charge < -0.3 is 10.2 Å². The zero-order valence-electron chi connectivity index (χ0n) is 17.1. The number of nitrogens with zero attached hydrogens (tertiary/aromatic N) is 1. The number of piperidine rings is 1. The zero-order chi connectivity index (χ0) is 20.1. The van der Waals surface area contributed by atoms with Crippen LogP contribution < -0.4 is 10.2 Å². The van der Waals surface area contributed by atoms with Gasteiger partial charge in [0.1, 0.15) is 0 Å². The van der Waals surface area contributed by atoms with E-state index in [4.69, 9.17) is 0 Å². The third kappa shape index (κ3) is 5.55. The van der Waals surface area contributed by atoms with Gasteiger partial charge in [-0.1, -0.05) is 13.8 Å². The standard InChI is InChI=1S/C21H33N3O3S/c1-17-13-18(2)15-24(14-17)28(26,27)20-9-7-19(8-10-20)22-21(25)16-23-11-5-3-4-6-12-23/h7-10,17-18H,3-6,11-16H2,1-2H3,(H,22,25)/p+1/t17-,18-/m1/s1. The first-order valence-electron chi connectivity index (χ1n) is 10.6. The highest BCUT2D eigenvalue weighted by atomic mass is 32.2. The molecule has 2 aliphatic heterocycles. The lowest BCUT2D eigenvalue weighted by atomic mass is 9.94. The molecule has 0 radical (unpaired) electrons. The second-order valence-electron chi connectivity index (χ2n) is 8.68. The summed E-state index contributed by atoms with van der Waals surface area (Å²) in [6, 6.07) is 6.60. The van der Waals surface area contributed by atoms with E-state index in [1.54, 1.807) is 28.6 Å². The number of carbonyl (C=O) groups is 1. The molecule has 2 atom stereocenters. The molecule has 0 bridgehead atoms. The molecule has 1 amide bonds. The van der Waals surface area contributed by atoms with Gasteiger partial charge in [-0.05, 0) is 68.2 Å². The number of nitrogens with one attached hydrogen (secondary N) is 2. The van der Waals surface area contributed by atoms with Gasteiger partial charge in [0, 0.05) is 18.8 Å². The molecule has 2 N–H and O–H groups in total. The SMILES string of the molecule is C[C@@H]1C[C@@H](C)CN(S(=O)(=O)c2ccc(NC(=O)C[NH+]3CCCCCC3)cc2)C1. The fourth-order valence-corrected chi connectivity index (χ4v) is 6.18. The Hall–Kier alpha value is -1.44. The van der Waals surface area contributed by atoms with E-state index in [2.05, 4.69) is 19.2 Å². The van der Waals surface area contributed by atoms with Crippen LogP contribution in [0.1, 0.15) is 46.0 Å². The van der Waals surface area contributed by atoms with Crippen molar-refractivity contribution in [1.82, 2.24) is 4.31 Å². The van der Waals surface area contributed by atoms with Crippen LogP contribution in [0, 0.1) is 11.8 Å². The van der Waals surface area contributed by atoms with E-state index in [1.807, 2.05) is 0 Å². The summed E-state index contributed by atoms with van der Waals surface area (Å²) in [5, 5.41) is 2.91. The van der Waals surface area contributed by atoms with Gasteiger partial charge >= 0.3 is 0 Å². The summed E-state index contributed by atoms with van der Waals surface area (Å²) in [5.74, 6) is 0.739. The number of sulfonamides is 1. The van der Waals surface area contributed by atoms with Crippen LogP contribution in [0.15, 0.2) is 29.2 Å². The molecule has 1 aromatic rings. The Morgan fingerprint density at radius 2 is 1.61 bits per heavy atom. The maximum Gasteiger partial charge on any atom is 0.279 e. The maximum atomic E-state index is 12.9. The van der Waals surface area contributed by atoms with E-state index in [1.165, 1.54) is 30.6 Å². The lowest BCUT2D eigenvalue weighted by Gasteiger charge is -2.34. The predicted molar refractivity (Wildman–Crippen MR) is 111 cm³/mol. The Bertz CT molecular complexity index is 746. The molecule has 1 aromatic carbocycles. The first-order valence-corrected chi connectivity index (χ1v) is 12.0. The molecular weight excluding hydrogens is 374 g/mol. The van der Waals surface area contributed by atoms with Gasteiger partial charge in [0.15, 0.2) is 6.54 Å². The number of carbonyl (C=O) groups excluding carboxylic acids is 1. The predicted octanol–water partition coefficient (Wildman–Crippen LogP) is 1.75. The third-order valence-corrected chi connectivity index (χ3v) is 7.68. The largest absolute Gasteiger partial charge is 0.327 e. The fourth-order valence-electron chi connectivity index (χ4n) is 4.50. The molecule has 156 valence electrons. The minimum absolute atomic E-state index is 0.00816. The normalized spacial score (nSPS) is 25.2. The number of benzene rings is 1. The smallest absolute Gasteiger partial charge is 0.279 e. The summed E-state index contributed by atoms with van der Waals surface area (Å²) in [7, 11) is -3.48. The van der Waals surface area contributed by atoms with Crippen LogP contribution in [0.25, 0.3) is 0 Å². The van der Waals surface area contributed by atoms with Gasteiger partial charge in [0.25, 0.3) is 5.91 Å². The van der Waals surface area contributed by atoms with Crippen LogP contribution in [0.5, 0.6) is 0 Å². The van der Waals surface area contributed by atoms with Gasteiger partial charge in [-0.25, -0.2) is 8.42 Å². The van der Waals surface area contributed by atoms with E-state index in [-0.39, 0.29) is 5.91 Å². The quantitative estimate of drug-likeness (QED) is 0.780. The minimum atomic E-state index is -3.48. The molecule has 2 heterocycles. The second-order valence-corrected chi connectivity index (χ2v) is 10.6. The van der Waals surface area contributed by atoms with Crippen molar-refractivity contribution in [3.63, 3.8) is 0 Å². The van der Waals surface area contributed by atoms with Crippen LogP contribution in [0.2, 0.25) is 0 Å². The molecule has 0 aromatic heterocycles. The van der Waals surface area contributed by atoms with Gasteiger partial charge in [-0.15, -0.1) is 0 Å². The number of hydrogen-bond donors (Lipinski definition) is 2. The van der Waals surface area contributed by atoms with Crippen molar-refractivity contribution in [2.45, 2.75) is 50.8 Å². The molecular formula is C21H34N3O3S+. The summed E-state index contributed by atoms with van der Waals surface area (Å²) >= 11 is 0. The Morgan fingerprint density at radius 1 is 1.04 bits per heavy atom. The Morgan fingerprint density at radius 3 is 2.18 bits per heavy atom. The average molecular weight is 409 g/mol. The van der Waals surface area contributed by atoms with E-state index in [0.29, 0.717) is 42.1 Å². The Labute approximate surface area is 169 Å². The molecule has 6 nitrogen and oxygen atoms in total. The van der Waals surface area contributed by atoms with Crippen LogP contribution in [0.4, 0.5) is 5.69 Å². The highest BCUT2D eigenvalue weighted by molar-refractivity contribution is 7.89. The lowest BCUT2D eigenvalue weighted by Crippen LogP contribution is -3.12. The second kappa shape index (κ2) is 9.37. The molecule has 0 unspecified atom stereocenters. The van der Waals surface area contributed by atoms with Crippen molar-refractivity contribution in [2.24, 2.45) is 11.8 Å². The molecule has 7 heteroatoms. The lowest BCUT2D eigenvalue weighted by molar-refractivity contribution is -0.890. The number of likely N-dealkylation sites (tertiary alicyclic amines) is 1. The highest BCUT2D eigenvalue weighted by Crippen LogP contribution is 2.27. The van der Waals surface area contributed by atoms with E-state index < -0.39 is 10.0 Å². The molecule has 2 saturated heterocycles.